The van der Waals surface area contributed by atoms with Gasteiger partial charge in [0, 0.05) is 46.5 Å². The maximum atomic E-state index is 12.3. The van der Waals surface area contributed by atoms with Gasteiger partial charge in [-0.3, -0.25) is 14.2 Å². The average molecular weight is 450 g/mol. The molecule has 3 aromatic rings. The van der Waals surface area contributed by atoms with Crippen LogP contribution in [-0.2, 0) is 22.6 Å². The highest BCUT2D eigenvalue weighted by atomic mass is 35.5. The molecule has 1 amide bonds. The number of anilines is 1. The third-order valence-electron chi connectivity index (χ3n) is 4.31. The van der Waals surface area contributed by atoms with Crippen LogP contribution in [0.3, 0.4) is 0 Å². The second kappa shape index (κ2) is 9.77. The van der Waals surface area contributed by atoms with Crippen LogP contribution in [0.4, 0.5) is 5.82 Å². The highest BCUT2D eigenvalue weighted by molar-refractivity contribution is 6.35. The molecule has 1 aromatic carbocycles. The van der Waals surface area contributed by atoms with Crippen LogP contribution in [-0.4, -0.2) is 38.0 Å². The summed E-state index contributed by atoms with van der Waals surface area (Å²) in [6.07, 6.45) is 1.80. The third kappa shape index (κ3) is 5.40. The lowest BCUT2D eigenvalue weighted by Crippen LogP contribution is -2.16. The molecular formula is C20H21Cl2N5O3. The summed E-state index contributed by atoms with van der Waals surface area (Å²) in [6.45, 7) is 4.60. The first-order chi connectivity index (χ1) is 14.4. The molecule has 0 unspecified atom stereocenters. The van der Waals surface area contributed by atoms with Crippen LogP contribution in [0.15, 0.2) is 36.5 Å². The monoisotopic (exact) mass is 449 g/mol. The van der Waals surface area contributed by atoms with Gasteiger partial charge in [0.1, 0.15) is 0 Å². The normalized spacial score (nSPS) is 10.8. The molecule has 0 saturated carbocycles. The van der Waals surface area contributed by atoms with E-state index in [-0.39, 0.29) is 24.6 Å². The molecule has 158 valence electrons. The van der Waals surface area contributed by atoms with Crippen molar-refractivity contribution in [2.75, 3.05) is 11.9 Å². The first kappa shape index (κ1) is 21.9. The number of esters is 1. The molecule has 0 atom stereocenters. The Morgan fingerprint density at radius 1 is 1.17 bits per heavy atom. The fraction of sp³-hybridized carbons (Fsp3) is 0.300. The van der Waals surface area contributed by atoms with E-state index in [1.165, 1.54) is 4.68 Å². The van der Waals surface area contributed by atoms with Gasteiger partial charge < -0.3 is 10.1 Å². The van der Waals surface area contributed by atoms with Crippen molar-refractivity contribution in [3.8, 4) is 0 Å². The SMILES string of the molecule is CCOC(=O)c1ccn(CCC(=O)Nc2cc(C)n(Cc3c(Cl)cccc3Cl)n2)n1. The van der Waals surface area contributed by atoms with Crippen LogP contribution < -0.4 is 5.32 Å². The maximum Gasteiger partial charge on any atom is 0.358 e. The highest BCUT2D eigenvalue weighted by Gasteiger charge is 2.13. The molecule has 2 aromatic heterocycles. The van der Waals surface area contributed by atoms with Crippen LogP contribution >= 0.6 is 23.2 Å². The molecule has 10 heteroatoms. The summed E-state index contributed by atoms with van der Waals surface area (Å²) in [6, 6.07) is 8.65. The minimum atomic E-state index is -0.486. The Kier molecular flexibility index (Phi) is 7.12. The van der Waals surface area contributed by atoms with Crippen molar-refractivity contribution in [1.82, 2.24) is 19.6 Å². The van der Waals surface area contributed by atoms with Crippen LogP contribution in [0.5, 0.6) is 0 Å². The summed E-state index contributed by atoms with van der Waals surface area (Å²) in [5, 5.41) is 12.4. The summed E-state index contributed by atoms with van der Waals surface area (Å²) < 4.78 is 8.14. The zero-order valence-corrected chi connectivity index (χ0v) is 18.1. The number of hydrogen-bond donors (Lipinski definition) is 1. The lowest BCUT2D eigenvalue weighted by molar-refractivity contribution is -0.116. The first-order valence-corrected chi connectivity index (χ1v) is 10.1. The second-order valence-electron chi connectivity index (χ2n) is 6.51. The van der Waals surface area contributed by atoms with Crippen molar-refractivity contribution in [3.05, 3.63) is 63.5 Å². The number of carbonyl (C=O) groups excluding carboxylic acids is 2. The lowest BCUT2D eigenvalue weighted by atomic mass is 10.2. The Bertz CT molecular complexity index is 1040. The van der Waals surface area contributed by atoms with Crippen molar-refractivity contribution < 1.29 is 14.3 Å². The van der Waals surface area contributed by atoms with E-state index in [0.29, 0.717) is 29.0 Å². The second-order valence-corrected chi connectivity index (χ2v) is 7.33. The molecule has 0 radical (unpaired) electrons. The van der Waals surface area contributed by atoms with Crippen molar-refractivity contribution in [3.63, 3.8) is 0 Å². The lowest BCUT2D eigenvalue weighted by Gasteiger charge is -2.08. The summed E-state index contributed by atoms with van der Waals surface area (Å²) >= 11 is 12.5. The molecule has 3 rings (SSSR count). The van der Waals surface area contributed by atoms with Crippen LogP contribution in [0.25, 0.3) is 0 Å². The molecule has 2 heterocycles. The molecule has 0 spiro atoms. The minimum absolute atomic E-state index is 0.173. The maximum absolute atomic E-state index is 12.3. The smallest absolute Gasteiger partial charge is 0.358 e. The van der Waals surface area contributed by atoms with Crippen LogP contribution in [0, 0.1) is 6.92 Å². The van der Waals surface area contributed by atoms with E-state index in [9.17, 15) is 9.59 Å². The number of nitrogens with one attached hydrogen (secondary N) is 1. The number of ether oxygens (including phenoxy) is 1. The summed E-state index contributed by atoms with van der Waals surface area (Å²) in [5.41, 5.74) is 1.83. The number of nitrogens with zero attached hydrogens (tertiary/aromatic N) is 4. The van der Waals surface area contributed by atoms with E-state index in [1.807, 2.05) is 6.92 Å². The Morgan fingerprint density at radius 3 is 2.60 bits per heavy atom. The minimum Gasteiger partial charge on any atom is -0.461 e. The molecule has 0 aliphatic carbocycles. The van der Waals surface area contributed by atoms with Gasteiger partial charge in [-0.15, -0.1) is 0 Å². The number of aromatic nitrogens is 4. The van der Waals surface area contributed by atoms with Gasteiger partial charge in [-0.2, -0.15) is 10.2 Å². The Hall–Kier alpha value is -2.84. The number of amides is 1. The third-order valence-corrected chi connectivity index (χ3v) is 5.02. The molecule has 0 saturated heterocycles. The number of halogens is 2. The largest absolute Gasteiger partial charge is 0.461 e. The van der Waals surface area contributed by atoms with Crippen molar-refractivity contribution in [2.45, 2.75) is 33.4 Å². The fourth-order valence-corrected chi connectivity index (χ4v) is 3.30. The molecule has 0 aliphatic rings. The van der Waals surface area contributed by atoms with Crippen molar-refractivity contribution in [1.29, 1.82) is 0 Å². The summed E-state index contributed by atoms with van der Waals surface area (Å²) in [5.74, 6) is -0.266. The highest BCUT2D eigenvalue weighted by Crippen LogP contribution is 2.25. The average Bonchev–Trinajstić information content (AvgIpc) is 3.30. The Labute approximate surface area is 183 Å². The molecule has 8 nitrogen and oxygen atoms in total. The number of carbonyl (C=O) groups is 2. The quantitative estimate of drug-likeness (QED) is 0.525. The van der Waals surface area contributed by atoms with Crippen molar-refractivity contribution in [2.24, 2.45) is 0 Å². The first-order valence-electron chi connectivity index (χ1n) is 9.35. The molecule has 1 N–H and O–H groups in total. The number of rotatable bonds is 8. The molecular weight excluding hydrogens is 429 g/mol. The Balaban J connectivity index is 1.57. The summed E-state index contributed by atoms with van der Waals surface area (Å²) in [4.78, 5) is 23.9. The van der Waals surface area contributed by atoms with E-state index >= 15 is 0 Å². The molecule has 0 fully saturated rings. The molecule has 30 heavy (non-hydrogen) atoms. The van der Waals surface area contributed by atoms with E-state index in [2.05, 4.69) is 15.5 Å². The summed E-state index contributed by atoms with van der Waals surface area (Å²) in [7, 11) is 0. The number of benzene rings is 1. The number of hydrogen-bond acceptors (Lipinski definition) is 5. The van der Waals surface area contributed by atoms with Crippen LogP contribution in [0.2, 0.25) is 10.0 Å². The van der Waals surface area contributed by atoms with Gasteiger partial charge in [0.15, 0.2) is 11.5 Å². The topological polar surface area (TPSA) is 91.0 Å². The van der Waals surface area contributed by atoms with E-state index < -0.39 is 5.97 Å². The van der Waals surface area contributed by atoms with E-state index in [0.717, 1.165) is 11.3 Å². The van der Waals surface area contributed by atoms with Crippen molar-refractivity contribution >= 4 is 40.9 Å². The van der Waals surface area contributed by atoms with Gasteiger partial charge in [0.2, 0.25) is 5.91 Å². The van der Waals surface area contributed by atoms with Crippen LogP contribution in [0.1, 0.15) is 35.1 Å². The van der Waals surface area contributed by atoms with Gasteiger partial charge in [0.25, 0.3) is 0 Å². The number of aryl methyl sites for hydroxylation is 2. The van der Waals surface area contributed by atoms with Gasteiger partial charge >= 0.3 is 5.97 Å². The van der Waals surface area contributed by atoms with Gasteiger partial charge in [-0.1, -0.05) is 29.3 Å². The Morgan fingerprint density at radius 2 is 1.90 bits per heavy atom. The predicted octanol–water partition coefficient (Wildman–Crippen LogP) is 3.95. The van der Waals surface area contributed by atoms with Gasteiger partial charge in [-0.05, 0) is 32.0 Å². The van der Waals surface area contributed by atoms with E-state index in [1.54, 1.807) is 48.1 Å². The molecule has 0 aliphatic heterocycles. The standard InChI is InChI=1S/C20H21Cl2N5O3/c1-3-30-20(29)17-7-9-26(24-17)10-8-19(28)23-18-11-13(2)27(25-18)12-14-15(21)5-4-6-16(14)22/h4-7,9,11H,3,8,10,12H2,1-2H3,(H,23,25,28). The van der Waals surface area contributed by atoms with Gasteiger partial charge in [-0.25, -0.2) is 4.79 Å². The molecule has 0 bridgehead atoms. The van der Waals surface area contributed by atoms with Gasteiger partial charge in [0.05, 0.1) is 13.2 Å². The van der Waals surface area contributed by atoms with E-state index in [4.69, 9.17) is 27.9 Å². The zero-order chi connectivity index (χ0) is 21.7. The zero-order valence-electron chi connectivity index (χ0n) is 16.6. The predicted molar refractivity (Wildman–Crippen MR) is 114 cm³/mol. The fourth-order valence-electron chi connectivity index (χ4n) is 2.79.